The zero-order valence-electron chi connectivity index (χ0n) is 19.6. The van der Waals surface area contributed by atoms with E-state index in [1.807, 2.05) is 47.5 Å². The van der Waals surface area contributed by atoms with Gasteiger partial charge in [-0.3, -0.25) is 9.78 Å². The number of likely N-dealkylation sites (tertiary alicyclic amines) is 1. The van der Waals surface area contributed by atoms with Crippen LogP contribution in [0.25, 0.3) is 5.65 Å². The van der Waals surface area contributed by atoms with Crippen molar-refractivity contribution in [1.29, 1.82) is 0 Å². The van der Waals surface area contributed by atoms with Gasteiger partial charge in [0.25, 0.3) is 0 Å². The summed E-state index contributed by atoms with van der Waals surface area (Å²) >= 11 is 0. The Kier molecular flexibility index (Phi) is 5.71. The summed E-state index contributed by atoms with van der Waals surface area (Å²) in [6.07, 6.45) is 5.18. The molecule has 5 nitrogen and oxygen atoms in total. The lowest BCUT2D eigenvalue weighted by Gasteiger charge is -2.25. The molecule has 1 amide bonds. The van der Waals surface area contributed by atoms with E-state index in [1.165, 1.54) is 16.7 Å². The third-order valence-electron chi connectivity index (χ3n) is 6.59. The Labute approximate surface area is 195 Å². The fourth-order valence-electron chi connectivity index (χ4n) is 5.09. The quantitative estimate of drug-likeness (QED) is 0.433. The monoisotopic (exact) mass is 438 g/mol. The molecule has 4 heterocycles. The maximum atomic E-state index is 13.4. The van der Waals surface area contributed by atoms with Crippen LogP contribution >= 0.6 is 0 Å². The lowest BCUT2D eigenvalue weighted by atomic mass is 10.0. The highest BCUT2D eigenvalue weighted by molar-refractivity contribution is 5.79. The second-order valence-electron chi connectivity index (χ2n) is 9.20. The number of aryl methyl sites for hydroxylation is 3. The summed E-state index contributed by atoms with van der Waals surface area (Å²) in [6, 6.07) is 19.0. The first-order chi connectivity index (χ1) is 16.0. The smallest absolute Gasteiger partial charge is 0.229 e. The van der Waals surface area contributed by atoms with Crippen LogP contribution in [0.5, 0.6) is 0 Å². The van der Waals surface area contributed by atoms with Crippen LogP contribution < -0.4 is 0 Å². The molecule has 1 atom stereocenters. The van der Waals surface area contributed by atoms with Gasteiger partial charge in [-0.05, 0) is 75.4 Å². The van der Waals surface area contributed by atoms with E-state index >= 15 is 0 Å². The van der Waals surface area contributed by atoms with Gasteiger partial charge in [-0.25, -0.2) is 4.98 Å². The average Bonchev–Trinajstić information content (AvgIpc) is 3.38. The molecule has 1 fully saturated rings. The molecule has 1 aliphatic rings. The Hall–Kier alpha value is -3.47. The van der Waals surface area contributed by atoms with E-state index in [0.29, 0.717) is 6.42 Å². The van der Waals surface area contributed by atoms with Gasteiger partial charge in [-0.1, -0.05) is 35.9 Å². The zero-order chi connectivity index (χ0) is 22.9. The molecular formula is C28H30N4O. The van der Waals surface area contributed by atoms with Crippen LogP contribution in [0.3, 0.4) is 0 Å². The molecule has 0 spiro atoms. The minimum Gasteiger partial charge on any atom is -0.334 e. The molecule has 33 heavy (non-hydrogen) atoms. The van der Waals surface area contributed by atoms with Crippen LogP contribution in [0.4, 0.5) is 0 Å². The van der Waals surface area contributed by atoms with Crippen molar-refractivity contribution in [2.45, 2.75) is 52.5 Å². The van der Waals surface area contributed by atoms with Crippen LogP contribution in [0.1, 0.15) is 58.3 Å². The van der Waals surface area contributed by atoms with Crippen molar-refractivity contribution >= 4 is 11.6 Å². The van der Waals surface area contributed by atoms with E-state index in [2.05, 4.69) is 48.3 Å². The summed E-state index contributed by atoms with van der Waals surface area (Å²) in [7, 11) is 0. The minimum absolute atomic E-state index is 0.0353. The first kappa shape index (κ1) is 21.4. The summed E-state index contributed by atoms with van der Waals surface area (Å²) < 4.78 is 2.03. The van der Waals surface area contributed by atoms with Gasteiger partial charge in [0.05, 0.1) is 29.5 Å². The summed E-state index contributed by atoms with van der Waals surface area (Å²) in [5, 5.41) is 0. The number of hydrogen-bond acceptors (Lipinski definition) is 3. The van der Waals surface area contributed by atoms with Gasteiger partial charge < -0.3 is 9.30 Å². The molecule has 1 aliphatic heterocycles. The van der Waals surface area contributed by atoms with E-state index in [1.54, 1.807) is 0 Å². The highest BCUT2D eigenvalue weighted by atomic mass is 16.2. The molecule has 3 aromatic heterocycles. The molecule has 0 saturated carbocycles. The van der Waals surface area contributed by atoms with Crippen molar-refractivity contribution in [3.05, 3.63) is 100 Å². The van der Waals surface area contributed by atoms with E-state index in [-0.39, 0.29) is 11.9 Å². The molecule has 168 valence electrons. The van der Waals surface area contributed by atoms with E-state index in [9.17, 15) is 4.79 Å². The molecule has 1 aromatic carbocycles. The number of carbonyl (C=O) groups is 1. The Morgan fingerprint density at radius 1 is 1.00 bits per heavy atom. The Balaban J connectivity index is 1.39. The molecule has 4 aromatic rings. The number of imidazole rings is 1. The summed E-state index contributed by atoms with van der Waals surface area (Å²) in [5.74, 6) is 0.148. The van der Waals surface area contributed by atoms with Crippen molar-refractivity contribution < 1.29 is 4.79 Å². The minimum atomic E-state index is 0.0353. The van der Waals surface area contributed by atoms with Crippen molar-refractivity contribution in [2.24, 2.45) is 0 Å². The highest BCUT2D eigenvalue weighted by Gasteiger charge is 2.32. The van der Waals surface area contributed by atoms with Gasteiger partial charge in [0.2, 0.25) is 5.91 Å². The fourth-order valence-corrected chi connectivity index (χ4v) is 5.09. The number of benzene rings is 1. The molecule has 1 unspecified atom stereocenters. The lowest BCUT2D eigenvalue weighted by molar-refractivity contribution is -0.131. The maximum Gasteiger partial charge on any atom is 0.229 e. The van der Waals surface area contributed by atoms with Crippen molar-refractivity contribution in [2.75, 3.05) is 6.54 Å². The first-order valence-corrected chi connectivity index (χ1v) is 11.7. The number of hydrogen-bond donors (Lipinski definition) is 0. The van der Waals surface area contributed by atoms with E-state index < -0.39 is 0 Å². The van der Waals surface area contributed by atoms with E-state index in [4.69, 9.17) is 4.98 Å². The van der Waals surface area contributed by atoms with Gasteiger partial charge in [-0.15, -0.1) is 0 Å². The largest absolute Gasteiger partial charge is 0.334 e. The number of aromatic nitrogens is 3. The number of nitrogens with zero attached hydrogens (tertiary/aromatic N) is 4. The van der Waals surface area contributed by atoms with Gasteiger partial charge in [-0.2, -0.15) is 0 Å². The van der Waals surface area contributed by atoms with E-state index in [0.717, 1.165) is 54.2 Å². The normalized spacial score (nSPS) is 16.0. The van der Waals surface area contributed by atoms with Gasteiger partial charge in [0.1, 0.15) is 5.65 Å². The number of rotatable bonds is 5. The Bertz CT molecular complexity index is 1320. The van der Waals surface area contributed by atoms with Crippen molar-refractivity contribution in [1.82, 2.24) is 19.3 Å². The van der Waals surface area contributed by atoms with Crippen LogP contribution in [0.2, 0.25) is 0 Å². The topological polar surface area (TPSA) is 50.5 Å². The summed E-state index contributed by atoms with van der Waals surface area (Å²) in [6.45, 7) is 6.94. The Morgan fingerprint density at radius 3 is 2.73 bits per heavy atom. The molecule has 0 aliphatic carbocycles. The SMILES string of the molecule is Cc1cccc(Cc2cc(C)nc(C3CCCN3C(=O)Cc3c(C)nc4ccccn34)c2)c1. The van der Waals surface area contributed by atoms with Crippen LogP contribution in [-0.4, -0.2) is 31.7 Å². The third kappa shape index (κ3) is 4.40. The Morgan fingerprint density at radius 2 is 1.88 bits per heavy atom. The molecular weight excluding hydrogens is 408 g/mol. The number of fused-ring (bicyclic) bond motifs is 1. The predicted octanol–water partition coefficient (Wildman–Crippen LogP) is 5.15. The molecule has 0 N–H and O–H groups in total. The second kappa shape index (κ2) is 8.81. The average molecular weight is 439 g/mol. The first-order valence-electron chi connectivity index (χ1n) is 11.7. The van der Waals surface area contributed by atoms with Gasteiger partial charge >= 0.3 is 0 Å². The maximum absolute atomic E-state index is 13.4. The number of amides is 1. The molecule has 5 rings (SSSR count). The van der Waals surface area contributed by atoms with Crippen LogP contribution in [-0.2, 0) is 17.6 Å². The van der Waals surface area contributed by atoms with Crippen LogP contribution in [0, 0.1) is 20.8 Å². The number of carbonyl (C=O) groups excluding carboxylic acids is 1. The van der Waals surface area contributed by atoms with Crippen molar-refractivity contribution in [3.63, 3.8) is 0 Å². The second-order valence-corrected chi connectivity index (χ2v) is 9.20. The number of pyridine rings is 2. The van der Waals surface area contributed by atoms with Crippen molar-refractivity contribution in [3.8, 4) is 0 Å². The molecule has 0 bridgehead atoms. The van der Waals surface area contributed by atoms with Crippen LogP contribution in [0.15, 0.2) is 60.8 Å². The summed E-state index contributed by atoms with van der Waals surface area (Å²) in [5.41, 5.74) is 8.61. The van der Waals surface area contributed by atoms with Gasteiger partial charge in [0, 0.05) is 18.4 Å². The fraction of sp³-hybridized carbons (Fsp3) is 0.321. The lowest BCUT2D eigenvalue weighted by Crippen LogP contribution is -2.32. The molecule has 1 saturated heterocycles. The molecule has 0 radical (unpaired) electrons. The van der Waals surface area contributed by atoms with Gasteiger partial charge in [0.15, 0.2) is 0 Å². The predicted molar refractivity (Wildman–Crippen MR) is 130 cm³/mol. The molecule has 5 heteroatoms. The highest BCUT2D eigenvalue weighted by Crippen LogP contribution is 2.32. The summed E-state index contributed by atoms with van der Waals surface area (Å²) in [4.78, 5) is 25.0. The third-order valence-corrected chi connectivity index (χ3v) is 6.59. The zero-order valence-corrected chi connectivity index (χ0v) is 19.6. The standard InChI is InChI=1S/C28H30N4O/c1-19-8-6-9-22(14-19)16-23-15-20(2)29-24(17-23)25-10-7-13-32(25)28(33)18-26-21(3)30-27-11-4-5-12-31(26)27/h4-6,8-9,11-12,14-15,17,25H,7,10,13,16,18H2,1-3H3.